The maximum atomic E-state index is 12.0. The predicted molar refractivity (Wildman–Crippen MR) is 55.3 cm³/mol. The van der Waals surface area contributed by atoms with Crippen LogP contribution in [0.15, 0.2) is 24.3 Å². The number of benzene rings is 1. The van der Waals surface area contributed by atoms with Crippen LogP contribution >= 0.6 is 0 Å². The zero-order chi connectivity index (χ0) is 14.7. The van der Waals surface area contributed by atoms with Gasteiger partial charge in [0.25, 0.3) is 0 Å². The summed E-state index contributed by atoms with van der Waals surface area (Å²) < 4.78 is 75.6. The molecule has 0 saturated carbocycles. The topological polar surface area (TPSA) is 35.2 Å². The highest BCUT2D eigenvalue weighted by Gasteiger charge is 2.31. The Morgan fingerprint density at radius 1 is 1.11 bits per heavy atom. The van der Waals surface area contributed by atoms with E-state index in [0.29, 0.717) is 0 Å². The maximum Gasteiger partial charge on any atom is 0.573 e. The number of ether oxygens (including phenoxy) is 1. The smallest absolute Gasteiger partial charge is 0.406 e. The average Bonchev–Trinajstić information content (AvgIpc) is 2.23. The Balaban J connectivity index is 2.70. The van der Waals surface area contributed by atoms with Crippen molar-refractivity contribution >= 4 is 0 Å². The molecule has 0 unspecified atom stereocenters. The first-order valence-corrected chi connectivity index (χ1v) is 5.25. The summed E-state index contributed by atoms with van der Waals surface area (Å²) in [5.74, 6) is -0.507. The van der Waals surface area contributed by atoms with Crippen molar-refractivity contribution in [2.45, 2.75) is 31.4 Å². The van der Waals surface area contributed by atoms with Crippen LogP contribution in [-0.4, -0.2) is 12.5 Å². The second kappa shape index (κ2) is 5.68. The Labute approximate surface area is 105 Å². The summed E-state index contributed by atoms with van der Waals surface area (Å²) >= 11 is 0. The third kappa shape index (κ3) is 6.32. The Morgan fingerprint density at radius 3 is 2.26 bits per heavy atom. The summed E-state index contributed by atoms with van der Waals surface area (Å²) in [5, 5.41) is 0. The number of halogens is 6. The van der Waals surface area contributed by atoms with Gasteiger partial charge in [-0.15, -0.1) is 13.2 Å². The molecule has 0 aliphatic heterocycles. The average molecular weight is 287 g/mol. The third-order valence-corrected chi connectivity index (χ3v) is 2.26. The van der Waals surface area contributed by atoms with Crippen LogP contribution < -0.4 is 10.5 Å². The summed E-state index contributed by atoms with van der Waals surface area (Å²) in [7, 11) is 0. The van der Waals surface area contributed by atoms with Crippen molar-refractivity contribution in [3.05, 3.63) is 29.8 Å². The molecule has 0 bridgehead atoms. The van der Waals surface area contributed by atoms with E-state index in [4.69, 9.17) is 5.73 Å². The van der Waals surface area contributed by atoms with Gasteiger partial charge in [-0.3, -0.25) is 0 Å². The molecule has 1 atom stereocenters. The van der Waals surface area contributed by atoms with Gasteiger partial charge >= 0.3 is 12.5 Å². The largest absolute Gasteiger partial charge is 0.573 e. The zero-order valence-corrected chi connectivity index (χ0v) is 9.55. The van der Waals surface area contributed by atoms with Gasteiger partial charge in [-0.05, 0) is 24.1 Å². The second-order valence-electron chi connectivity index (χ2n) is 3.88. The Morgan fingerprint density at radius 2 is 1.74 bits per heavy atom. The molecule has 2 N–H and O–H groups in total. The molecule has 0 saturated heterocycles. The molecule has 0 aliphatic rings. The molecule has 0 heterocycles. The fraction of sp³-hybridized carbons (Fsp3) is 0.455. The van der Waals surface area contributed by atoms with Crippen molar-refractivity contribution in [3.63, 3.8) is 0 Å². The standard InChI is InChI=1S/C11H11F6NO/c12-10(13,14)5-4-9(18)7-2-1-3-8(6-7)19-11(15,16)17/h1-3,6,9H,4-5,18H2/t9-/m0/s1. The number of hydrogen-bond donors (Lipinski definition) is 1. The van der Waals surface area contributed by atoms with E-state index >= 15 is 0 Å². The summed E-state index contributed by atoms with van der Waals surface area (Å²) in [6.45, 7) is 0. The summed E-state index contributed by atoms with van der Waals surface area (Å²) in [5.41, 5.74) is 5.66. The van der Waals surface area contributed by atoms with Crippen LogP contribution in [0.5, 0.6) is 5.75 Å². The van der Waals surface area contributed by atoms with Crippen LogP contribution in [0.1, 0.15) is 24.4 Å². The monoisotopic (exact) mass is 287 g/mol. The molecule has 0 aromatic heterocycles. The first-order chi connectivity index (χ1) is 8.57. The number of hydrogen-bond acceptors (Lipinski definition) is 2. The Kier molecular flexibility index (Phi) is 4.67. The molecule has 0 radical (unpaired) electrons. The quantitative estimate of drug-likeness (QED) is 0.852. The first kappa shape index (κ1) is 15.6. The van der Waals surface area contributed by atoms with Gasteiger partial charge in [0.2, 0.25) is 0 Å². The van der Waals surface area contributed by atoms with Crippen LogP contribution in [0.2, 0.25) is 0 Å². The van der Waals surface area contributed by atoms with Gasteiger partial charge in [-0.1, -0.05) is 12.1 Å². The van der Waals surface area contributed by atoms with Gasteiger partial charge in [0.1, 0.15) is 5.75 Å². The third-order valence-electron chi connectivity index (χ3n) is 2.26. The lowest BCUT2D eigenvalue weighted by Crippen LogP contribution is -2.18. The fourth-order valence-corrected chi connectivity index (χ4v) is 1.43. The molecule has 0 spiro atoms. The molecule has 19 heavy (non-hydrogen) atoms. The SMILES string of the molecule is N[C@@H](CCC(F)(F)F)c1cccc(OC(F)(F)F)c1. The van der Waals surface area contributed by atoms with Crippen LogP contribution in [0.25, 0.3) is 0 Å². The number of alkyl halides is 6. The van der Waals surface area contributed by atoms with Crippen molar-refractivity contribution in [1.82, 2.24) is 0 Å². The van der Waals surface area contributed by atoms with E-state index in [0.717, 1.165) is 12.1 Å². The van der Waals surface area contributed by atoms with Crippen molar-refractivity contribution in [3.8, 4) is 5.75 Å². The van der Waals surface area contributed by atoms with E-state index in [2.05, 4.69) is 4.74 Å². The van der Waals surface area contributed by atoms with E-state index in [9.17, 15) is 26.3 Å². The molecule has 1 aromatic rings. The highest BCUT2D eigenvalue weighted by molar-refractivity contribution is 5.30. The zero-order valence-electron chi connectivity index (χ0n) is 9.55. The molecule has 108 valence electrons. The molecule has 0 amide bonds. The van der Waals surface area contributed by atoms with Gasteiger partial charge in [-0.2, -0.15) is 13.2 Å². The fourth-order valence-electron chi connectivity index (χ4n) is 1.43. The van der Waals surface area contributed by atoms with Crippen LogP contribution in [0.4, 0.5) is 26.3 Å². The van der Waals surface area contributed by atoms with Gasteiger partial charge in [0.15, 0.2) is 0 Å². The van der Waals surface area contributed by atoms with Gasteiger partial charge < -0.3 is 10.5 Å². The Hall–Kier alpha value is -1.44. The molecule has 0 fully saturated rings. The molecule has 1 rings (SSSR count). The lowest BCUT2D eigenvalue weighted by atomic mass is 10.0. The molecule has 8 heteroatoms. The van der Waals surface area contributed by atoms with Crippen molar-refractivity contribution in [2.75, 3.05) is 0 Å². The summed E-state index contributed by atoms with van der Waals surface area (Å²) in [4.78, 5) is 0. The highest BCUT2D eigenvalue weighted by Crippen LogP contribution is 2.29. The van der Waals surface area contributed by atoms with E-state index in [1.54, 1.807) is 0 Å². The van der Waals surface area contributed by atoms with E-state index in [1.165, 1.54) is 12.1 Å². The molecule has 0 aliphatic carbocycles. The number of nitrogens with two attached hydrogens (primary N) is 1. The van der Waals surface area contributed by atoms with E-state index in [1.807, 2.05) is 0 Å². The van der Waals surface area contributed by atoms with E-state index < -0.39 is 37.2 Å². The molecule has 1 aromatic carbocycles. The van der Waals surface area contributed by atoms with E-state index in [-0.39, 0.29) is 5.56 Å². The van der Waals surface area contributed by atoms with Gasteiger partial charge in [-0.25, -0.2) is 0 Å². The summed E-state index contributed by atoms with van der Waals surface area (Å²) in [6.07, 6.45) is -10.7. The van der Waals surface area contributed by atoms with Crippen LogP contribution in [-0.2, 0) is 0 Å². The first-order valence-electron chi connectivity index (χ1n) is 5.25. The van der Waals surface area contributed by atoms with Crippen molar-refractivity contribution in [2.24, 2.45) is 5.73 Å². The van der Waals surface area contributed by atoms with Crippen LogP contribution in [0, 0.1) is 0 Å². The van der Waals surface area contributed by atoms with Crippen molar-refractivity contribution in [1.29, 1.82) is 0 Å². The Bertz CT molecular complexity index is 414. The highest BCUT2D eigenvalue weighted by atomic mass is 19.4. The minimum atomic E-state index is -4.85. The predicted octanol–water partition coefficient (Wildman–Crippen LogP) is 3.93. The molecular weight excluding hydrogens is 276 g/mol. The van der Waals surface area contributed by atoms with Crippen LogP contribution in [0.3, 0.4) is 0 Å². The molecule has 2 nitrogen and oxygen atoms in total. The second-order valence-corrected chi connectivity index (χ2v) is 3.88. The lowest BCUT2D eigenvalue weighted by Gasteiger charge is -2.15. The summed E-state index contributed by atoms with van der Waals surface area (Å²) in [6, 6.07) is 3.62. The maximum absolute atomic E-state index is 12.0. The van der Waals surface area contributed by atoms with Crippen molar-refractivity contribution < 1.29 is 31.1 Å². The lowest BCUT2D eigenvalue weighted by molar-refractivity contribution is -0.274. The normalized spacial score (nSPS) is 14.3. The van der Waals surface area contributed by atoms with Gasteiger partial charge in [0, 0.05) is 12.5 Å². The number of rotatable bonds is 4. The minimum Gasteiger partial charge on any atom is -0.406 e. The molecular formula is C11H11F6NO. The van der Waals surface area contributed by atoms with Gasteiger partial charge in [0.05, 0.1) is 0 Å². The minimum absolute atomic E-state index is 0.158.